The van der Waals surface area contributed by atoms with Crippen LogP contribution < -0.4 is 21.1 Å². The van der Waals surface area contributed by atoms with Gasteiger partial charge in [0.15, 0.2) is 0 Å². The predicted molar refractivity (Wildman–Crippen MR) is 148 cm³/mol. The van der Waals surface area contributed by atoms with Gasteiger partial charge in [-0.3, -0.25) is 4.79 Å². The number of nitrogens with zero attached hydrogens (tertiary/aromatic N) is 2. The Labute approximate surface area is 212 Å². The van der Waals surface area contributed by atoms with Gasteiger partial charge in [0, 0.05) is 91.3 Å². The summed E-state index contributed by atoms with van der Waals surface area (Å²) in [6, 6.07) is 8.67. The molecule has 1 aliphatic rings. The lowest BCUT2D eigenvalue weighted by molar-refractivity contribution is 0.0847. The van der Waals surface area contributed by atoms with E-state index in [9.17, 15) is 4.79 Å². The van der Waals surface area contributed by atoms with Crippen LogP contribution in [0.5, 0.6) is 0 Å². The lowest BCUT2D eigenvalue weighted by Gasteiger charge is -2.36. The number of pyridine rings is 2. The van der Waals surface area contributed by atoms with Gasteiger partial charge in [0.1, 0.15) is 5.82 Å². The molecule has 3 heterocycles. The maximum absolute atomic E-state index is 12.6. The second-order valence-electron chi connectivity index (χ2n) is 9.21. The Kier molecular flexibility index (Phi) is 8.05. The highest BCUT2D eigenvalue weighted by atomic mass is 16.5. The average molecular weight is 489 g/mol. The van der Waals surface area contributed by atoms with Gasteiger partial charge in [-0.25, -0.2) is 4.98 Å². The van der Waals surface area contributed by atoms with Crippen molar-refractivity contribution >= 4 is 34.1 Å². The maximum Gasteiger partial charge on any atom is 0.253 e. The first-order valence-electron chi connectivity index (χ1n) is 12.6. The molecule has 3 aromatic rings. The smallest absolute Gasteiger partial charge is 0.253 e. The molecule has 1 aromatic carbocycles. The van der Waals surface area contributed by atoms with Gasteiger partial charge in [-0.15, -0.1) is 0 Å². The first-order chi connectivity index (χ1) is 17.5. The van der Waals surface area contributed by atoms with Gasteiger partial charge in [0.05, 0.1) is 0 Å². The lowest BCUT2D eigenvalue weighted by Crippen LogP contribution is -2.39. The molecular weight excluding hydrogens is 452 g/mol. The molecule has 0 atom stereocenters. The van der Waals surface area contributed by atoms with Gasteiger partial charge in [-0.2, -0.15) is 0 Å². The molecule has 36 heavy (non-hydrogen) atoms. The first-order valence-corrected chi connectivity index (χ1v) is 12.6. The number of allylic oxidation sites excluding steroid dienone is 1. The Morgan fingerprint density at radius 3 is 2.69 bits per heavy atom. The molecule has 0 unspecified atom stereocenters. The number of hydrogen-bond acceptors (Lipinski definition) is 7. The van der Waals surface area contributed by atoms with E-state index in [1.807, 2.05) is 39.4 Å². The Morgan fingerprint density at radius 2 is 2.03 bits per heavy atom. The topological polar surface area (TPSA) is 106 Å². The van der Waals surface area contributed by atoms with Crippen molar-refractivity contribution in [3.05, 3.63) is 69.4 Å². The van der Waals surface area contributed by atoms with E-state index in [-0.39, 0.29) is 5.56 Å². The quantitative estimate of drug-likeness (QED) is 0.333. The minimum atomic E-state index is -0.0821. The fourth-order valence-electron chi connectivity index (χ4n) is 5.07. The number of rotatable bonds is 9. The summed E-state index contributed by atoms with van der Waals surface area (Å²) >= 11 is 0. The second kappa shape index (κ2) is 11.4. The second-order valence-corrected chi connectivity index (χ2v) is 9.21. The largest absolute Gasteiger partial charge is 0.393 e. The molecule has 8 heteroatoms. The van der Waals surface area contributed by atoms with Crippen molar-refractivity contribution in [3.8, 4) is 0 Å². The molecular formula is C28H36N6O2. The Hall–Kier alpha value is -3.65. The van der Waals surface area contributed by atoms with Crippen molar-refractivity contribution in [1.29, 1.82) is 5.41 Å². The van der Waals surface area contributed by atoms with Crippen LogP contribution in [-0.4, -0.2) is 49.0 Å². The number of ether oxygens (including phenoxy) is 1. The highest BCUT2D eigenvalue weighted by Gasteiger charge is 2.23. The Morgan fingerprint density at radius 1 is 1.25 bits per heavy atom. The molecule has 190 valence electrons. The van der Waals surface area contributed by atoms with Crippen LogP contribution in [0, 0.1) is 19.3 Å². The van der Waals surface area contributed by atoms with Crippen LogP contribution in [0.15, 0.2) is 41.5 Å². The summed E-state index contributed by atoms with van der Waals surface area (Å²) in [6.07, 6.45) is 6.98. The number of fused-ring (bicyclic) bond motifs is 1. The average Bonchev–Trinajstić information content (AvgIpc) is 2.87. The third-order valence-corrected chi connectivity index (χ3v) is 6.85. The number of benzene rings is 1. The highest BCUT2D eigenvalue weighted by Crippen LogP contribution is 2.36. The van der Waals surface area contributed by atoms with Gasteiger partial charge in [0.25, 0.3) is 5.56 Å². The van der Waals surface area contributed by atoms with E-state index >= 15 is 0 Å². The molecule has 0 radical (unpaired) electrons. The van der Waals surface area contributed by atoms with Crippen molar-refractivity contribution in [2.45, 2.75) is 46.2 Å². The van der Waals surface area contributed by atoms with Gasteiger partial charge in [-0.1, -0.05) is 0 Å². The summed E-state index contributed by atoms with van der Waals surface area (Å²) in [7, 11) is 1.84. The number of nitrogens with one attached hydrogen (secondary N) is 4. The van der Waals surface area contributed by atoms with E-state index in [1.165, 1.54) is 6.21 Å². The van der Waals surface area contributed by atoms with Crippen LogP contribution in [0.3, 0.4) is 0 Å². The molecule has 4 N–H and O–H groups in total. The summed E-state index contributed by atoms with van der Waals surface area (Å²) in [4.78, 5) is 22.6. The fourth-order valence-corrected chi connectivity index (χ4v) is 5.07. The number of anilines is 2. The van der Waals surface area contributed by atoms with Crippen molar-refractivity contribution in [2.75, 3.05) is 37.0 Å². The van der Waals surface area contributed by atoms with Crippen LogP contribution >= 0.6 is 0 Å². The highest BCUT2D eigenvalue weighted by molar-refractivity contribution is 6.12. The zero-order valence-electron chi connectivity index (χ0n) is 21.6. The molecule has 2 aromatic heterocycles. The normalized spacial score (nSPS) is 14.6. The minimum Gasteiger partial charge on any atom is -0.393 e. The zero-order chi connectivity index (χ0) is 25.7. The molecule has 0 bridgehead atoms. The van der Waals surface area contributed by atoms with Crippen LogP contribution in [0.1, 0.15) is 42.1 Å². The summed E-state index contributed by atoms with van der Waals surface area (Å²) in [5, 5.41) is 16.5. The van der Waals surface area contributed by atoms with E-state index in [4.69, 9.17) is 10.1 Å². The number of hydrogen-bond donors (Lipinski definition) is 4. The fraction of sp³-hybridized carbons (Fsp3) is 0.393. The standard InChI is InChI=1S/C28H36N6O2/c1-5-34(22-7-10-36-11-8-22)26-14-20(21(15-29)16-30-4)13-24-23(26)6-9-31-27(24)32-17-25-18(2)12-19(3)33-28(25)35/h6,9,12-16,22,29-30H,5,7-8,10-11,17H2,1-4H3,(H,31,32)(H,33,35)/b21-16+,29-15?. The zero-order valence-corrected chi connectivity index (χ0v) is 21.6. The van der Waals surface area contributed by atoms with Crippen LogP contribution in [-0.2, 0) is 11.3 Å². The monoisotopic (exact) mass is 488 g/mol. The van der Waals surface area contributed by atoms with Gasteiger partial charge < -0.3 is 30.7 Å². The molecule has 1 aliphatic heterocycles. The molecule has 8 nitrogen and oxygen atoms in total. The molecule has 1 fully saturated rings. The Bertz CT molecular complexity index is 1320. The lowest BCUT2D eigenvalue weighted by atomic mass is 9.98. The van der Waals surface area contributed by atoms with Crippen LogP contribution in [0.2, 0.25) is 0 Å². The van der Waals surface area contributed by atoms with E-state index in [2.05, 4.69) is 50.6 Å². The van der Waals surface area contributed by atoms with Gasteiger partial charge in [0.2, 0.25) is 0 Å². The van der Waals surface area contributed by atoms with E-state index < -0.39 is 0 Å². The summed E-state index contributed by atoms with van der Waals surface area (Å²) in [5.41, 5.74) is 5.25. The van der Waals surface area contributed by atoms with Crippen molar-refractivity contribution in [3.63, 3.8) is 0 Å². The van der Waals surface area contributed by atoms with Crippen molar-refractivity contribution in [1.82, 2.24) is 15.3 Å². The third-order valence-electron chi connectivity index (χ3n) is 6.85. The number of aromatic nitrogens is 2. The molecule has 0 aliphatic carbocycles. The third kappa shape index (κ3) is 5.28. The summed E-state index contributed by atoms with van der Waals surface area (Å²) < 4.78 is 5.63. The number of aryl methyl sites for hydroxylation is 2. The molecule has 1 saturated heterocycles. The van der Waals surface area contributed by atoms with E-state index in [1.54, 1.807) is 0 Å². The van der Waals surface area contributed by atoms with Crippen LogP contribution in [0.25, 0.3) is 16.3 Å². The number of aromatic amines is 1. The number of H-pyrrole nitrogens is 1. The molecule has 0 spiro atoms. The molecule has 0 saturated carbocycles. The van der Waals surface area contributed by atoms with Crippen LogP contribution in [0.4, 0.5) is 11.5 Å². The van der Waals surface area contributed by atoms with Crippen molar-refractivity contribution in [2.24, 2.45) is 0 Å². The summed E-state index contributed by atoms with van der Waals surface area (Å²) in [5.74, 6) is 0.715. The van der Waals surface area contributed by atoms with Gasteiger partial charge in [-0.05, 0) is 69.0 Å². The maximum atomic E-state index is 12.6. The van der Waals surface area contributed by atoms with Crippen molar-refractivity contribution < 1.29 is 4.74 Å². The van der Waals surface area contributed by atoms with E-state index in [0.717, 1.165) is 71.5 Å². The summed E-state index contributed by atoms with van der Waals surface area (Å²) in [6.45, 7) is 8.79. The van der Waals surface area contributed by atoms with E-state index in [0.29, 0.717) is 24.0 Å². The first kappa shape index (κ1) is 25.4. The van der Waals surface area contributed by atoms with Gasteiger partial charge >= 0.3 is 0 Å². The predicted octanol–water partition coefficient (Wildman–Crippen LogP) is 4.37. The molecule has 0 amide bonds. The minimum absolute atomic E-state index is 0.0821. The molecule has 4 rings (SSSR count). The Balaban J connectivity index is 1.83. The SMILES string of the molecule is CCN(c1cc(/C(C=N)=C/NC)cc2c(NCc3c(C)cc(C)[nH]c3=O)nccc12)C1CCOCC1.